The lowest BCUT2D eigenvalue weighted by molar-refractivity contribution is -0.125. The average molecular weight is 246 g/mol. The second-order valence-corrected chi connectivity index (χ2v) is 3.73. The highest BCUT2D eigenvalue weighted by atomic mass is 16.2. The van der Waals surface area contributed by atoms with E-state index in [1.54, 1.807) is 0 Å². The Kier molecular flexibility index (Phi) is 3.63. The fraction of sp³-hybridized carbons (Fsp3) is 0.273. The molecule has 0 aliphatic heterocycles. The van der Waals surface area contributed by atoms with E-state index < -0.39 is 6.04 Å². The maximum atomic E-state index is 11.5. The van der Waals surface area contributed by atoms with Crippen molar-refractivity contribution in [1.82, 2.24) is 25.6 Å². The topological polar surface area (TPSA) is 98.7 Å². The number of aromatic nitrogens is 4. The molecule has 1 heterocycles. The van der Waals surface area contributed by atoms with Gasteiger partial charge in [-0.3, -0.25) is 10.2 Å². The molecule has 0 fully saturated rings. The minimum absolute atomic E-state index is 0.338. The van der Waals surface area contributed by atoms with E-state index >= 15 is 0 Å². The van der Waals surface area contributed by atoms with Crippen molar-refractivity contribution in [2.45, 2.75) is 19.4 Å². The molecule has 94 valence electrons. The minimum Gasteiger partial charge on any atom is -0.292 e. The van der Waals surface area contributed by atoms with Gasteiger partial charge in [0.1, 0.15) is 0 Å². The summed E-state index contributed by atoms with van der Waals surface area (Å²) in [6.45, 7) is 1.85. The van der Waals surface area contributed by atoms with Gasteiger partial charge in [-0.1, -0.05) is 37.3 Å². The second-order valence-electron chi connectivity index (χ2n) is 3.73. The Hall–Kier alpha value is -2.28. The van der Waals surface area contributed by atoms with Gasteiger partial charge in [-0.15, -0.1) is 10.2 Å². The molecule has 0 saturated heterocycles. The van der Waals surface area contributed by atoms with Crippen molar-refractivity contribution < 1.29 is 4.79 Å². The highest BCUT2D eigenvalue weighted by Crippen LogP contribution is 2.14. The average Bonchev–Trinajstić information content (AvgIpc) is 2.90. The normalized spacial score (nSPS) is 12.1. The first kappa shape index (κ1) is 12.2. The summed E-state index contributed by atoms with van der Waals surface area (Å²) in [5.41, 5.74) is 2.95. The van der Waals surface area contributed by atoms with Gasteiger partial charge in [-0.05, 0) is 11.6 Å². The Labute approximate surface area is 104 Å². The first-order chi connectivity index (χ1) is 8.76. The molecule has 0 spiro atoms. The van der Waals surface area contributed by atoms with Crippen LogP contribution in [0, 0.1) is 0 Å². The third-order valence-corrected chi connectivity index (χ3v) is 2.57. The second kappa shape index (κ2) is 5.37. The molecule has 2 aromatic rings. The summed E-state index contributed by atoms with van der Waals surface area (Å²) < 4.78 is 0. The lowest BCUT2D eigenvalue weighted by Crippen LogP contribution is -2.37. The first-order valence-electron chi connectivity index (χ1n) is 5.61. The number of nitrogens with one attached hydrogen (secondary N) is 1. The zero-order valence-corrected chi connectivity index (χ0v) is 9.95. The molecule has 7 heteroatoms. The number of hydrazine groups is 1. The summed E-state index contributed by atoms with van der Waals surface area (Å²) in [6, 6.07) is 8.90. The van der Waals surface area contributed by atoms with Crippen LogP contribution in [0.25, 0.3) is 11.4 Å². The van der Waals surface area contributed by atoms with Crippen molar-refractivity contribution in [3.05, 3.63) is 30.3 Å². The van der Waals surface area contributed by atoms with Crippen LogP contribution in [-0.4, -0.2) is 26.1 Å². The van der Waals surface area contributed by atoms with Gasteiger partial charge in [-0.25, -0.2) is 5.84 Å². The number of benzene rings is 1. The standard InChI is InChI=1S/C11H14N6O/c1-2-9(11(18)13-12)17-15-10(14-16-17)8-6-4-3-5-7-8/h3-7,9H,2,12H2,1H3,(H,13,18). The Balaban J connectivity index is 2.27. The molecule has 0 aliphatic carbocycles. The summed E-state index contributed by atoms with van der Waals surface area (Å²) in [6.07, 6.45) is 0.535. The molecule has 0 radical (unpaired) electrons. The van der Waals surface area contributed by atoms with Crippen molar-refractivity contribution in [1.29, 1.82) is 0 Å². The summed E-state index contributed by atoms with van der Waals surface area (Å²) in [5.74, 6) is 5.26. The van der Waals surface area contributed by atoms with Crippen LogP contribution in [0.2, 0.25) is 0 Å². The molecule has 0 aliphatic rings. The quantitative estimate of drug-likeness (QED) is 0.458. The SMILES string of the molecule is CCC(C(=O)NN)n1nnc(-c2ccccc2)n1. The van der Waals surface area contributed by atoms with Crippen LogP contribution < -0.4 is 11.3 Å². The number of tetrazole rings is 1. The number of nitrogens with two attached hydrogens (primary N) is 1. The van der Waals surface area contributed by atoms with Gasteiger partial charge >= 0.3 is 0 Å². The number of carbonyl (C=O) groups excluding carboxylic acids is 1. The van der Waals surface area contributed by atoms with Crippen molar-refractivity contribution in [3.63, 3.8) is 0 Å². The van der Waals surface area contributed by atoms with E-state index in [4.69, 9.17) is 5.84 Å². The number of nitrogens with zero attached hydrogens (tertiary/aromatic N) is 4. The van der Waals surface area contributed by atoms with Crippen LogP contribution in [0.3, 0.4) is 0 Å². The van der Waals surface area contributed by atoms with E-state index in [9.17, 15) is 4.79 Å². The van der Waals surface area contributed by atoms with Gasteiger partial charge < -0.3 is 0 Å². The fourth-order valence-electron chi connectivity index (χ4n) is 1.61. The van der Waals surface area contributed by atoms with Gasteiger partial charge in [0.05, 0.1) is 0 Å². The third-order valence-electron chi connectivity index (χ3n) is 2.57. The van der Waals surface area contributed by atoms with Crippen molar-refractivity contribution in [3.8, 4) is 11.4 Å². The number of rotatable bonds is 4. The molecule has 1 aromatic heterocycles. The first-order valence-corrected chi connectivity index (χ1v) is 5.61. The Morgan fingerprint density at radius 1 is 1.44 bits per heavy atom. The molecule has 0 saturated carbocycles. The zero-order chi connectivity index (χ0) is 13.0. The van der Waals surface area contributed by atoms with Crippen LogP contribution in [0.1, 0.15) is 19.4 Å². The molecule has 7 nitrogen and oxygen atoms in total. The summed E-state index contributed by atoms with van der Waals surface area (Å²) in [7, 11) is 0. The van der Waals surface area contributed by atoms with E-state index in [-0.39, 0.29) is 5.91 Å². The van der Waals surface area contributed by atoms with Crippen LogP contribution in [-0.2, 0) is 4.79 Å². The van der Waals surface area contributed by atoms with Crippen LogP contribution in [0.15, 0.2) is 30.3 Å². The van der Waals surface area contributed by atoms with E-state index in [0.29, 0.717) is 12.2 Å². The summed E-state index contributed by atoms with van der Waals surface area (Å²) in [4.78, 5) is 12.8. The van der Waals surface area contributed by atoms with E-state index in [1.807, 2.05) is 37.3 Å². The predicted molar refractivity (Wildman–Crippen MR) is 64.9 cm³/mol. The van der Waals surface area contributed by atoms with E-state index in [0.717, 1.165) is 5.56 Å². The number of amides is 1. The molecule has 18 heavy (non-hydrogen) atoms. The predicted octanol–water partition coefficient (Wildman–Crippen LogP) is 0.281. The van der Waals surface area contributed by atoms with Gasteiger partial charge in [0.2, 0.25) is 5.82 Å². The molecule has 1 amide bonds. The maximum Gasteiger partial charge on any atom is 0.260 e. The highest BCUT2D eigenvalue weighted by Gasteiger charge is 2.20. The maximum absolute atomic E-state index is 11.5. The molecule has 2 rings (SSSR count). The highest BCUT2D eigenvalue weighted by molar-refractivity contribution is 5.79. The van der Waals surface area contributed by atoms with Crippen LogP contribution >= 0.6 is 0 Å². The van der Waals surface area contributed by atoms with Gasteiger partial charge in [0.15, 0.2) is 6.04 Å². The number of hydrogen-bond acceptors (Lipinski definition) is 5. The molecule has 3 N–H and O–H groups in total. The Morgan fingerprint density at radius 3 is 2.78 bits per heavy atom. The lowest BCUT2D eigenvalue weighted by Gasteiger charge is -2.10. The minimum atomic E-state index is -0.542. The molecule has 1 unspecified atom stereocenters. The Bertz CT molecular complexity index is 523. The smallest absolute Gasteiger partial charge is 0.260 e. The largest absolute Gasteiger partial charge is 0.292 e. The molecular formula is C11H14N6O. The van der Waals surface area contributed by atoms with E-state index in [1.165, 1.54) is 4.80 Å². The Morgan fingerprint density at radius 2 is 2.17 bits per heavy atom. The van der Waals surface area contributed by atoms with Crippen molar-refractivity contribution >= 4 is 5.91 Å². The number of carbonyl (C=O) groups is 1. The lowest BCUT2D eigenvalue weighted by atomic mass is 10.2. The molecule has 1 atom stereocenters. The molecule has 0 bridgehead atoms. The summed E-state index contributed by atoms with van der Waals surface area (Å²) in [5, 5.41) is 12.0. The fourth-order valence-corrected chi connectivity index (χ4v) is 1.61. The van der Waals surface area contributed by atoms with Crippen molar-refractivity contribution in [2.24, 2.45) is 5.84 Å². The molecular weight excluding hydrogens is 232 g/mol. The van der Waals surface area contributed by atoms with Gasteiger partial charge in [0, 0.05) is 5.56 Å². The van der Waals surface area contributed by atoms with Gasteiger partial charge in [0.25, 0.3) is 5.91 Å². The zero-order valence-electron chi connectivity index (χ0n) is 9.95. The van der Waals surface area contributed by atoms with Crippen molar-refractivity contribution in [2.75, 3.05) is 0 Å². The monoisotopic (exact) mass is 246 g/mol. The third kappa shape index (κ3) is 2.35. The van der Waals surface area contributed by atoms with Gasteiger partial charge in [-0.2, -0.15) is 4.80 Å². The summed E-state index contributed by atoms with van der Waals surface area (Å²) >= 11 is 0. The number of hydrogen-bond donors (Lipinski definition) is 2. The van der Waals surface area contributed by atoms with Crippen LogP contribution in [0.4, 0.5) is 0 Å². The molecule has 1 aromatic carbocycles. The van der Waals surface area contributed by atoms with Crippen LogP contribution in [0.5, 0.6) is 0 Å². The van der Waals surface area contributed by atoms with E-state index in [2.05, 4.69) is 20.8 Å².